The van der Waals surface area contributed by atoms with Crippen LogP contribution in [0, 0.1) is 0 Å². The molecule has 2 amide bonds. The summed E-state index contributed by atoms with van der Waals surface area (Å²) in [5.74, 6) is 0.623. The second-order valence-corrected chi connectivity index (χ2v) is 9.42. The lowest BCUT2D eigenvalue weighted by Crippen LogP contribution is -2.48. The number of ether oxygens (including phenoxy) is 2. The zero-order valence-electron chi connectivity index (χ0n) is 21.2. The third-order valence-electron chi connectivity index (χ3n) is 7.20. The molecule has 0 unspecified atom stereocenters. The van der Waals surface area contributed by atoms with E-state index in [0.29, 0.717) is 45.0 Å². The minimum atomic E-state index is -0.921. The van der Waals surface area contributed by atoms with E-state index in [1.54, 1.807) is 7.05 Å². The molecule has 5 rings (SSSR count). The van der Waals surface area contributed by atoms with Crippen molar-refractivity contribution in [3.8, 4) is 16.9 Å². The Morgan fingerprint density at radius 1 is 1.14 bits per heavy atom. The van der Waals surface area contributed by atoms with Crippen molar-refractivity contribution in [1.29, 1.82) is 0 Å². The van der Waals surface area contributed by atoms with Gasteiger partial charge in [-0.3, -0.25) is 9.89 Å². The number of carboxylic acid groups (broad SMARTS) is 1. The van der Waals surface area contributed by atoms with Crippen molar-refractivity contribution >= 4 is 28.6 Å². The molecule has 0 atom stereocenters. The van der Waals surface area contributed by atoms with Gasteiger partial charge in [-0.25, -0.2) is 4.79 Å². The van der Waals surface area contributed by atoms with Gasteiger partial charge < -0.3 is 29.7 Å². The molecule has 0 aliphatic carbocycles. The van der Waals surface area contributed by atoms with E-state index in [0.717, 1.165) is 58.4 Å². The number of benzene rings is 2. The third-order valence-corrected chi connectivity index (χ3v) is 7.20. The van der Waals surface area contributed by atoms with Gasteiger partial charge in [0, 0.05) is 51.8 Å². The van der Waals surface area contributed by atoms with E-state index in [-0.39, 0.29) is 12.0 Å². The summed E-state index contributed by atoms with van der Waals surface area (Å²) in [4.78, 5) is 27.6. The maximum absolute atomic E-state index is 12.7. The molecule has 2 aliphatic heterocycles. The van der Waals surface area contributed by atoms with Gasteiger partial charge in [0.1, 0.15) is 11.9 Å². The molecule has 196 valence electrons. The van der Waals surface area contributed by atoms with Gasteiger partial charge >= 0.3 is 6.09 Å². The van der Waals surface area contributed by atoms with E-state index >= 15 is 0 Å². The average Bonchev–Trinajstić information content (AvgIpc) is 3.36. The molecule has 0 spiro atoms. The minimum Gasteiger partial charge on any atom is -0.489 e. The molecule has 0 bridgehead atoms. The Balaban J connectivity index is 1.54. The molecular formula is C27H33N5O5. The fraction of sp³-hybridized carbons (Fsp3) is 0.444. The first-order valence-electron chi connectivity index (χ1n) is 12.8. The number of aromatic nitrogens is 2. The number of rotatable bonds is 6. The van der Waals surface area contributed by atoms with E-state index in [4.69, 9.17) is 9.47 Å². The second kappa shape index (κ2) is 10.7. The summed E-state index contributed by atoms with van der Waals surface area (Å²) in [6.07, 6.45) is 1.67. The normalized spacial score (nSPS) is 16.7. The van der Waals surface area contributed by atoms with E-state index < -0.39 is 6.09 Å². The summed E-state index contributed by atoms with van der Waals surface area (Å²) in [5, 5.41) is 20.8. The Morgan fingerprint density at radius 2 is 1.89 bits per heavy atom. The van der Waals surface area contributed by atoms with E-state index in [1.165, 1.54) is 4.90 Å². The molecule has 0 saturated carbocycles. The molecule has 3 N–H and O–H groups in total. The van der Waals surface area contributed by atoms with Gasteiger partial charge in [0.15, 0.2) is 0 Å². The first-order chi connectivity index (χ1) is 18.0. The number of hydrogen-bond acceptors (Lipinski definition) is 6. The lowest BCUT2D eigenvalue weighted by atomic mass is 9.98. The van der Waals surface area contributed by atoms with Crippen LogP contribution in [0.5, 0.6) is 5.75 Å². The van der Waals surface area contributed by atoms with Crippen molar-refractivity contribution in [3.63, 3.8) is 0 Å². The number of aromatic amines is 1. The molecule has 37 heavy (non-hydrogen) atoms. The van der Waals surface area contributed by atoms with Gasteiger partial charge in [-0.2, -0.15) is 5.10 Å². The number of anilines is 1. The van der Waals surface area contributed by atoms with Crippen LogP contribution in [0.3, 0.4) is 0 Å². The summed E-state index contributed by atoms with van der Waals surface area (Å²) >= 11 is 0. The summed E-state index contributed by atoms with van der Waals surface area (Å²) in [5.41, 5.74) is 5.09. The van der Waals surface area contributed by atoms with Crippen LogP contribution in [0.25, 0.3) is 22.0 Å². The Labute approximate surface area is 215 Å². The van der Waals surface area contributed by atoms with Crippen LogP contribution in [0.15, 0.2) is 30.3 Å². The van der Waals surface area contributed by atoms with Crippen molar-refractivity contribution < 1.29 is 24.2 Å². The van der Waals surface area contributed by atoms with Gasteiger partial charge in [0.25, 0.3) is 5.91 Å². The highest BCUT2D eigenvalue weighted by atomic mass is 16.5. The molecule has 0 radical (unpaired) electrons. The molecule has 10 heteroatoms. The quantitative estimate of drug-likeness (QED) is 0.467. The largest absolute Gasteiger partial charge is 0.489 e. The Hall–Kier alpha value is -3.79. The summed E-state index contributed by atoms with van der Waals surface area (Å²) < 4.78 is 12.0. The molecule has 2 saturated heterocycles. The number of H-pyrrole nitrogens is 1. The van der Waals surface area contributed by atoms with Gasteiger partial charge in [-0.1, -0.05) is 13.0 Å². The Morgan fingerprint density at radius 3 is 2.57 bits per heavy atom. The topological polar surface area (TPSA) is 120 Å². The smallest absolute Gasteiger partial charge is 0.407 e. The molecule has 2 fully saturated rings. The molecule has 10 nitrogen and oxygen atoms in total. The lowest BCUT2D eigenvalue weighted by molar-refractivity contribution is 0.0262. The summed E-state index contributed by atoms with van der Waals surface area (Å²) in [6, 6.07) is 9.89. The maximum Gasteiger partial charge on any atom is 0.407 e. The zero-order chi connectivity index (χ0) is 25.9. The van der Waals surface area contributed by atoms with Gasteiger partial charge in [-0.05, 0) is 41.8 Å². The van der Waals surface area contributed by atoms with Crippen LogP contribution in [0.1, 0.15) is 35.8 Å². The number of piperazine rings is 1. The van der Waals surface area contributed by atoms with Crippen molar-refractivity contribution in [3.05, 3.63) is 41.6 Å². The SMILES string of the molecule is CCc1[nH]nc2cc(-c3ccc(C(=O)NC)c(N4CCN(C(=O)O)CC4)c3)cc(OC3CCOCC3)c12. The molecular weight excluding hydrogens is 474 g/mol. The van der Waals surface area contributed by atoms with Gasteiger partial charge in [0.05, 0.1) is 35.4 Å². The minimum absolute atomic E-state index is 0.0866. The molecule has 1 aromatic heterocycles. The number of carbonyl (C=O) groups excluding carboxylic acids is 1. The average molecular weight is 508 g/mol. The van der Waals surface area contributed by atoms with Gasteiger partial charge in [0.2, 0.25) is 0 Å². The summed E-state index contributed by atoms with van der Waals surface area (Å²) in [6.45, 7) is 5.26. The number of nitrogens with one attached hydrogen (secondary N) is 2. The Bertz CT molecular complexity index is 1290. The molecule has 2 aromatic carbocycles. The predicted octanol–water partition coefficient (Wildman–Crippen LogP) is 3.51. The molecule has 3 aromatic rings. The second-order valence-electron chi connectivity index (χ2n) is 9.42. The van der Waals surface area contributed by atoms with Crippen LogP contribution in [0.4, 0.5) is 10.5 Å². The van der Waals surface area contributed by atoms with Gasteiger partial charge in [-0.15, -0.1) is 0 Å². The van der Waals surface area contributed by atoms with Crippen molar-refractivity contribution in [2.75, 3.05) is 51.3 Å². The highest BCUT2D eigenvalue weighted by molar-refractivity contribution is 6.01. The van der Waals surface area contributed by atoms with Crippen molar-refractivity contribution in [2.24, 2.45) is 0 Å². The molecule has 3 heterocycles. The van der Waals surface area contributed by atoms with Crippen LogP contribution in [-0.2, 0) is 11.2 Å². The van der Waals surface area contributed by atoms with E-state index in [2.05, 4.69) is 33.4 Å². The van der Waals surface area contributed by atoms with Crippen LogP contribution >= 0.6 is 0 Å². The standard InChI is InChI=1S/C27H33N5O5/c1-3-21-25-22(30-29-21)14-18(16-24(25)37-19-6-12-36-13-7-19)17-4-5-20(26(33)28-2)23(15-17)31-8-10-32(11-9-31)27(34)35/h4-5,14-16,19H,3,6-13H2,1-2H3,(H,28,33)(H,29,30)(H,34,35). The maximum atomic E-state index is 12.7. The lowest BCUT2D eigenvalue weighted by Gasteiger charge is -2.35. The van der Waals surface area contributed by atoms with Crippen molar-refractivity contribution in [1.82, 2.24) is 20.4 Å². The van der Waals surface area contributed by atoms with E-state index in [1.807, 2.05) is 24.3 Å². The number of fused-ring (bicyclic) bond motifs is 1. The number of nitrogens with zero attached hydrogens (tertiary/aromatic N) is 3. The fourth-order valence-corrected chi connectivity index (χ4v) is 5.10. The van der Waals surface area contributed by atoms with E-state index in [9.17, 15) is 14.7 Å². The third kappa shape index (κ3) is 5.06. The first-order valence-corrected chi connectivity index (χ1v) is 12.8. The number of amides is 2. The highest BCUT2D eigenvalue weighted by Crippen LogP contribution is 2.37. The van der Waals surface area contributed by atoms with Crippen molar-refractivity contribution in [2.45, 2.75) is 32.3 Å². The summed E-state index contributed by atoms with van der Waals surface area (Å²) in [7, 11) is 1.61. The van der Waals surface area contributed by atoms with Crippen LogP contribution in [0.2, 0.25) is 0 Å². The number of carbonyl (C=O) groups is 2. The monoisotopic (exact) mass is 507 g/mol. The fourth-order valence-electron chi connectivity index (χ4n) is 5.10. The first kappa shape index (κ1) is 24.9. The predicted molar refractivity (Wildman–Crippen MR) is 141 cm³/mol. The molecule has 2 aliphatic rings. The van der Waals surface area contributed by atoms with Crippen LogP contribution < -0.4 is 15.0 Å². The highest BCUT2D eigenvalue weighted by Gasteiger charge is 2.25. The zero-order valence-corrected chi connectivity index (χ0v) is 21.2. The Kier molecular flexibility index (Phi) is 7.18. The van der Waals surface area contributed by atoms with Crippen LogP contribution in [-0.4, -0.2) is 84.7 Å². The number of aryl methyl sites for hydroxylation is 1. The number of hydrogen-bond donors (Lipinski definition) is 3.